The maximum absolute atomic E-state index is 11.8. The van der Waals surface area contributed by atoms with Crippen LogP contribution in [-0.2, 0) is 20.7 Å². The molecule has 3 rings (SSSR count). The van der Waals surface area contributed by atoms with Crippen molar-refractivity contribution in [1.29, 1.82) is 5.26 Å². The lowest BCUT2D eigenvalue weighted by molar-refractivity contribution is -0.148. The quantitative estimate of drug-likeness (QED) is 0.804. The van der Waals surface area contributed by atoms with E-state index in [1.165, 1.54) is 11.3 Å². The van der Waals surface area contributed by atoms with Crippen LogP contribution in [0.3, 0.4) is 0 Å². The number of carbonyl (C=O) groups excluding carboxylic acids is 2. The van der Waals surface area contributed by atoms with Gasteiger partial charge in [-0.2, -0.15) is 5.26 Å². The lowest BCUT2D eigenvalue weighted by Gasteiger charge is -2.22. The number of nitriles is 1. The predicted molar refractivity (Wildman–Crippen MR) is 82.6 cm³/mol. The van der Waals surface area contributed by atoms with Gasteiger partial charge in [0.2, 0.25) is 0 Å². The van der Waals surface area contributed by atoms with Gasteiger partial charge in [-0.25, -0.2) is 4.98 Å². The van der Waals surface area contributed by atoms with Crippen molar-refractivity contribution in [3.05, 3.63) is 23.5 Å². The molecule has 1 amide bonds. The Morgan fingerprint density at radius 1 is 1.61 bits per heavy atom. The Labute approximate surface area is 136 Å². The number of thiazole rings is 1. The van der Waals surface area contributed by atoms with Gasteiger partial charge < -0.3 is 10.1 Å². The monoisotopic (exact) mass is 332 g/mol. The molecule has 7 nitrogen and oxygen atoms in total. The van der Waals surface area contributed by atoms with Crippen LogP contribution in [0.15, 0.2) is 17.8 Å². The van der Waals surface area contributed by atoms with E-state index in [0.29, 0.717) is 5.69 Å². The number of esters is 1. The summed E-state index contributed by atoms with van der Waals surface area (Å²) in [5.41, 5.74) is -0.278. The molecule has 2 heterocycles. The number of hydrogen-bond donors (Lipinski definition) is 1. The van der Waals surface area contributed by atoms with E-state index >= 15 is 0 Å². The van der Waals surface area contributed by atoms with Crippen molar-refractivity contribution in [3.63, 3.8) is 0 Å². The number of nitrogens with one attached hydrogen (secondary N) is 1. The number of hydrogen-bond acceptors (Lipinski definition) is 6. The zero-order valence-electron chi connectivity index (χ0n) is 12.6. The van der Waals surface area contributed by atoms with E-state index in [2.05, 4.69) is 16.4 Å². The van der Waals surface area contributed by atoms with Gasteiger partial charge >= 0.3 is 5.97 Å². The smallest absolute Gasteiger partial charge is 0.312 e. The molecule has 2 aromatic heterocycles. The molecule has 0 spiro atoms. The molecular weight excluding hydrogens is 316 g/mol. The fourth-order valence-electron chi connectivity index (χ4n) is 2.41. The highest BCUT2D eigenvalue weighted by Crippen LogP contribution is 2.39. The van der Waals surface area contributed by atoms with Crippen LogP contribution in [0.1, 0.15) is 25.5 Å². The molecular formula is C15H16N4O3S. The van der Waals surface area contributed by atoms with Crippen LogP contribution in [0, 0.1) is 17.2 Å². The van der Waals surface area contributed by atoms with Crippen LogP contribution in [0.5, 0.6) is 0 Å². The fraction of sp³-hybridized carbons (Fsp3) is 0.467. The van der Waals surface area contributed by atoms with E-state index in [1.54, 1.807) is 13.1 Å². The van der Waals surface area contributed by atoms with E-state index in [4.69, 9.17) is 4.74 Å². The highest BCUT2D eigenvalue weighted by molar-refractivity contribution is 7.15. The van der Waals surface area contributed by atoms with Crippen LogP contribution in [0.25, 0.3) is 4.96 Å². The minimum Gasteiger partial charge on any atom is -0.455 e. The molecule has 1 fully saturated rings. The number of imidazole rings is 1. The third kappa shape index (κ3) is 3.51. The van der Waals surface area contributed by atoms with E-state index in [1.807, 2.05) is 16.0 Å². The van der Waals surface area contributed by atoms with Crippen molar-refractivity contribution in [2.45, 2.75) is 31.7 Å². The Bertz CT molecular complexity index is 758. The van der Waals surface area contributed by atoms with Crippen molar-refractivity contribution in [1.82, 2.24) is 14.7 Å². The maximum atomic E-state index is 11.8. The predicted octanol–water partition coefficient (Wildman–Crippen LogP) is 1.29. The zero-order valence-corrected chi connectivity index (χ0v) is 13.4. The van der Waals surface area contributed by atoms with Crippen molar-refractivity contribution < 1.29 is 14.3 Å². The molecule has 23 heavy (non-hydrogen) atoms. The second kappa shape index (κ2) is 6.01. The number of nitrogens with zero attached hydrogens (tertiary/aromatic N) is 3. The summed E-state index contributed by atoms with van der Waals surface area (Å²) >= 11 is 1.48. The largest absolute Gasteiger partial charge is 0.455 e. The number of rotatable bonds is 6. The minimum atomic E-state index is -0.877. The Balaban J connectivity index is 1.47. The standard InChI is InChI=1S/C15H16N4O3S/c1-15(9-16,10-2-3-10)18-12(20)8-22-13(21)6-11-7-19-4-5-23-14(19)17-11/h4-5,7,10H,2-3,6,8H2,1H3,(H,18,20)/t15-/m0/s1. The van der Waals surface area contributed by atoms with Crippen molar-refractivity contribution in [2.24, 2.45) is 5.92 Å². The van der Waals surface area contributed by atoms with E-state index in [0.717, 1.165) is 17.8 Å². The third-order valence-electron chi connectivity index (χ3n) is 3.86. The van der Waals surface area contributed by atoms with Gasteiger partial charge in [0.1, 0.15) is 5.54 Å². The van der Waals surface area contributed by atoms with Crippen LogP contribution >= 0.6 is 11.3 Å². The molecule has 1 N–H and O–H groups in total. The van der Waals surface area contributed by atoms with Gasteiger partial charge in [0.05, 0.1) is 18.2 Å². The summed E-state index contributed by atoms with van der Waals surface area (Å²) in [7, 11) is 0. The average Bonchev–Trinajstić information content (AvgIpc) is 3.18. The molecule has 120 valence electrons. The summed E-state index contributed by atoms with van der Waals surface area (Å²) in [5.74, 6) is -0.790. The SMILES string of the molecule is C[C@@](C#N)(NC(=O)COC(=O)Cc1cn2ccsc2n1)C1CC1. The summed E-state index contributed by atoms with van der Waals surface area (Å²) < 4.78 is 6.79. The Kier molecular flexibility index (Phi) is 4.05. The van der Waals surface area contributed by atoms with Crippen LogP contribution in [-0.4, -0.2) is 33.4 Å². The first kappa shape index (κ1) is 15.5. The van der Waals surface area contributed by atoms with Crippen LogP contribution < -0.4 is 5.32 Å². The molecule has 0 aromatic carbocycles. The topological polar surface area (TPSA) is 96.5 Å². The molecule has 1 aliphatic rings. The first-order valence-corrected chi connectivity index (χ1v) is 8.17. The molecule has 0 saturated heterocycles. The van der Waals surface area contributed by atoms with Gasteiger partial charge in [-0.15, -0.1) is 11.3 Å². The molecule has 1 atom stereocenters. The molecule has 2 aromatic rings. The molecule has 0 unspecified atom stereocenters. The number of aromatic nitrogens is 2. The average molecular weight is 332 g/mol. The number of amides is 1. The summed E-state index contributed by atoms with van der Waals surface area (Å²) in [6, 6.07) is 2.13. The Morgan fingerprint density at radius 3 is 3.04 bits per heavy atom. The Morgan fingerprint density at radius 2 is 2.39 bits per heavy atom. The lowest BCUT2D eigenvalue weighted by atomic mass is 9.98. The zero-order chi connectivity index (χ0) is 16.4. The number of fused-ring (bicyclic) bond motifs is 1. The first-order valence-electron chi connectivity index (χ1n) is 7.29. The molecule has 0 radical (unpaired) electrons. The van der Waals surface area contributed by atoms with Crippen molar-refractivity contribution >= 4 is 28.2 Å². The fourth-order valence-corrected chi connectivity index (χ4v) is 3.13. The lowest BCUT2D eigenvalue weighted by Crippen LogP contribution is -2.48. The first-order chi connectivity index (χ1) is 11.0. The van der Waals surface area contributed by atoms with Gasteiger partial charge in [-0.05, 0) is 25.7 Å². The van der Waals surface area contributed by atoms with E-state index in [9.17, 15) is 14.9 Å². The molecule has 8 heteroatoms. The minimum absolute atomic E-state index is 0.0137. The van der Waals surface area contributed by atoms with Gasteiger partial charge in [0.25, 0.3) is 5.91 Å². The van der Waals surface area contributed by atoms with Gasteiger partial charge in [0.15, 0.2) is 11.6 Å². The molecule has 0 bridgehead atoms. The highest BCUT2D eigenvalue weighted by Gasteiger charge is 2.43. The molecule has 0 aliphatic heterocycles. The number of ether oxygens (including phenoxy) is 1. The summed E-state index contributed by atoms with van der Waals surface area (Å²) in [4.78, 5) is 28.7. The summed E-state index contributed by atoms with van der Waals surface area (Å²) in [6.07, 6.45) is 5.49. The second-order valence-electron chi connectivity index (χ2n) is 5.80. The highest BCUT2D eigenvalue weighted by atomic mass is 32.1. The van der Waals surface area contributed by atoms with Gasteiger partial charge in [-0.1, -0.05) is 0 Å². The van der Waals surface area contributed by atoms with Crippen LogP contribution in [0.2, 0.25) is 0 Å². The number of carbonyl (C=O) groups is 2. The molecule has 1 aliphatic carbocycles. The van der Waals surface area contributed by atoms with E-state index in [-0.39, 0.29) is 18.9 Å². The van der Waals surface area contributed by atoms with Gasteiger partial charge in [-0.3, -0.25) is 14.0 Å². The third-order valence-corrected chi connectivity index (χ3v) is 4.63. The van der Waals surface area contributed by atoms with E-state index < -0.39 is 17.4 Å². The van der Waals surface area contributed by atoms with Gasteiger partial charge in [0, 0.05) is 17.8 Å². The Hall–Kier alpha value is -2.40. The van der Waals surface area contributed by atoms with Crippen molar-refractivity contribution in [2.75, 3.05) is 6.61 Å². The summed E-state index contributed by atoms with van der Waals surface area (Å²) in [6.45, 7) is 1.31. The molecule has 1 saturated carbocycles. The normalized spacial score (nSPS) is 16.5. The maximum Gasteiger partial charge on any atom is 0.312 e. The second-order valence-corrected chi connectivity index (χ2v) is 6.67. The summed E-state index contributed by atoms with van der Waals surface area (Å²) in [5, 5.41) is 13.7. The van der Waals surface area contributed by atoms with Crippen LogP contribution in [0.4, 0.5) is 0 Å². The van der Waals surface area contributed by atoms with Crippen molar-refractivity contribution in [3.8, 4) is 6.07 Å².